The molecule has 0 spiro atoms. The van der Waals surface area contributed by atoms with E-state index in [9.17, 15) is 9.90 Å². The zero-order valence-electron chi connectivity index (χ0n) is 23.2. The Kier molecular flexibility index (Phi) is 8.80. The summed E-state index contributed by atoms with van der Waals surface area (Å²) in [5.74, 6) is 0.973. The van der Waals surface area contributed by atoms with E-state index in [0.717, 1.165) is 33.6 Å². The van der Waals surface area contributed by atoms with Gasteiger partial charge in [-0.05, 0) is 76.3 Å². The summed E-state index contributed by atoms with van der Waals surface area (Å²) < 4.78 is 5.84. The first-order chi connectivity index (χ1) is 17.3. The Morgan fingerprint density at radius 2 is 1.46 bits per heavy atom. The van der Waals surface area contributed by atoms with Gasteiger partial charge in [-0.3, -0.25) is 4.79 Å². The molecule has 0 aliphatic rings. The first kappa shape index (κ1) is 28.0. The Hall–Kier alpha value is -3.60. The van der Waals surface area contributed by atoms with Crippen LogP contribution in [0.1, 0.15) is 81.3 Å². The molecule has 0 saturated carbocycles. The summed E-state index contributed by atoms with van der Waals surface area (Å²) in [4.78, 5) is 12.4. The monoisotopic (exact) mass is 500 g/mol. The lowest BCUT2D eigenvalue weighted by atomic mass is 9.78. The first-order valence-electron chi connectivity index (χ1n) is 12.8. The van der Waals surface area contributed by atoms with Crippen molar-refractivity contribution in [3.8, 4) is 11.5 Å². The number of aryl methyl sites for hydroxylation is 2. The van der Waals surface area contributed by atoms with Crippen LogP contribution < -0.4 is 10.2 Å². The molecule has 3 rings (SSSR count). The van der Waals surface area contributed by atoms with E-state index in [4.69, 9.17) is 4.74 Å². The quantitative estimate of drug-likeness (QED) is 0.259. The van der Waals surface area contributed by atoms with Crippen LogP contribution >= 0.6 is 0 Å². The average molecular weight is 501 g/mol. The maximum atomic E-state index is 12.4. The molecule has 2 N–H and O–H groups in total. The minimum atomic E-state index is -0.200. The molecule has 0 fully saturated rings. The van der Waals surface area contributed by atoms with Gasteiger partial charge >= 0.3 is 0 Å². The number of benzene rings is 3. The van der Waals surface area contributed by atoms with Crippen LogP contribution in [0.4, 0.5) is 0 Å². The number of phenolic OH excluding ortho intramolecular Hbond substituents is 1. The van der Waals surface area contributed by atoms with E-state index in [0.29, 0.717) is 25.2 Å². The minimum absolute atomic E-state index is 0.156. The van der Waals surface area contributed by atoms with Crippen molar-refractivity contribution in [3.05, 3.63) is 94.0 Å². The van der Waals surface area contributed by atoms with Gasteiger partial charge in [0.25, 0.3) is 0 Å². The molecule has 0 radical (unpaired) electrons. The summed E-state index contributed by atoms with van der Waals surface area (Å²) in [6, 6.07) is 19.9. The molecule has 5 nitrogen and oxygen atoms in total. The van der Waals surface area contributed by atoms with E-state index in [1.165, 1.54) is 5.56 Å². The van der Waals surface area contributed by atoms with Crippen LogP contribution in [-0.2, 0) is 28.7 Å². The van der Waals surface area contributed by atoms with E-state index in [1.54, 1.807) is 6.21 Å². The minimum Gasteiger partial charge on any atom is -0.507 e. The largest absolute Gasteiger partial charge is 0.507 e. The molecule has 0 bridgehead atoms. The highest BCUT2D eigenvalue weighted by atomic mass is 16.5. The normalized spacial score (nSPS) is 12.1. The van der Waals surface area contributed by atoms with Gasteiger partial charge in [0.2, 0.25) is 5.91 Å². The number of hydrogen-bond acceptors (Lipinski definition) is 4. The second kappa shape index (κ2) is 11.6. The third kappa shape index (κ3) is 8.21. The van der Waals surface area contributed by atoms with Gasteiger partial charge in [0.1, 0.15) is 18.1 Å². The zero-order chi connectivity index (χ0) is 27.2. The molecule has 5 heteroatoms. The fourth-order valence-electron chi connectivity index (χ4n) is 3.98. The fraction of sp³-hybridized carbons (Fsp3) is 0.375. The summed E-state index contributed by atoms with van der Waals surface area (Å²) >= 11 is 0. The molecular formula is C32H40N2O3. The van der Waals surface area contributed by atoms with Crippen LogP contribution in [0.15, 0.2) is 65.8 Å². The van der Waals surface area contributed by atoms with Crippen molar-refractivity contribution in [2.45, 2.75) is 78.7 Å². The van der Waals surface area contributed by atoms with Gasteiger partial charge in [0.05, 0.1) is 6.21 Å². The molecule has 1 amide bonds. The zero-order valence-corrected chi connectivity index (χ0v) is 23.2. The van der Waals surface area contributed by atoms with E-state index >= 15 is 0 Å². The molecule has 0 atom stereocenters. The van der Waals surface area contributed by atoms with Gasteiger partial charge in [-0.2, -0.15) is 5.10 Å². The Balaban J connectivity index is 1.54. The average Bonchev–Trinajstić information content (AvgIpc) is 2.82. The summed E-state index contributed by atoms with van der Waals surface area (Å²) in [6.07, 6.45) is 2.50. The van der Waals surface area contributed by atoms with E-state index in [1.807, 2.05) is 36.4 Å². The lowest BCUT2D eigenvalue weighted by molar-refractivity contribution is -0.121. The number of phenols is 1. The highest BCUT2D eigenvalue weighted by Crippen LogP contribution is 2.40. The highest BCUT2D eigenvalue weighted by molar-refractivity contribution is 5.82. The van der Waals surface area contributed by atoms with Crippen LogP contribution in [0.2, 0.25) is 0 Å². The van der Waals surface area contributed by atoms with Gasteiger partial charge in [-0.15, -0.1) is 0 Å². The summed E-state index contributed by atoms with van der Waals surface area (Å²) in [5, 5.41) is 15.0. The van der Waals surface area contributed by atoms with Crippen LogP contribution in [0.3, 0.4) is 0 Å². The van der Waals surface area contributed by atoms with Crippen LogP contribution in [0.25, 0.3) is 0 Å². The van der Waals surface area contributed by atoms with Gasteiger partial charge in [0.15, 0.2) is 0 Å². The lowest BCUT2D eigenvalue weighted by Crippen LogP contribution is -2.20. The van der Waals surface area contributed by atoms with Crippen molar-refractivity contribution in [1.29, 1.82) is 0 Å². The number of amides is 1. The van der Waals surface area contributed by atoms with Gasteiger partial charge in [0, 0.05) is 6.42 Å². The Morgan fingerprint density at radius 3 is 2.00 bits per heavy atom. The standard InChI is InChI=1S/C32H40N2O3/c1-22-8-10-24(11-9-22)21-37-26-15-12-23(13-16-26)20-33-34-29(35)17-14-25-18-27(31(2,3)4)30(36)28(19-25)32(5,6)7/h8-13,15-16,18-20,36H,14,17,21H2,1-7H3,(H,34,35)/b33-20-. The number of nitrogens with zero attached hydrogens (tertiary/aromatic N) is 1. The number of nitrogens with one attached hydrogen (secondary N) is 1. The summed E-state index contributed by atoms with van der Waals surface area (Å²) in [7, 11) is 0. The van der Waals surface area contributed by atoms with Crippen LogP contribution in [0, 0.1) is 6.92 Å². The predicted octanol–water partition coefficient (Wildman–Crippen LogP) is 6.96. The van der Waals surface area contributed by atoms with Crippen molar-refractivity contribution in [1.82, 2.24) is 5.43 Å². The highest BCUT2D eigenvalue weighted by Gasteiger charge is 2.26. The van der Waals surface area contributed by atoms with Crippen molar-refractivity contribution in [3.63, 3.8) is 0 Å². The molecule has 3 aromatic rings. The fourth-order valence-corrected chi connectivity index (χ4v) is 3.98. The smallest absolute Gasteiger partial charge is 0.240 e. The Labute approximate surface area is 221 Å². The molecule has 0 unspecified atom stereocenters. The summed E-state index contributed by atoms with van der Waals surface area (Å²) in [5.41, 5.74) is 8.27. The molecular weight excluding hydrogens is 460 g/mol. The third-order valence-electron chi connectivity index (χ3n) is 6.24. The van der Waals surface area contributed by atoms with Gasteiger partial charge < -0.3 is 9.84 Å². The first-order valence-corrected chi connectivity index (χ1v) is 12.8. The molecule has 0 aliphatic heterocycles. The molecule has 196 valence electrons. The van der Waals surface area contributed by atoms with Crippen molar-refractivity contribution in [2.24, 2.45) is 5.10 Å². The maximum Gasteiger partial charge on any atom is 0.240 e. The predicted molar refractivity (Wildman–Crippen MR) is 152 cm³/mol. The molecule has 37 heavy (non-hydrogen) atoms. The number of aromatic hydroxyl groups is 1. The van der Waals surface area contributed by atoms with E-state index < -0.39 is 0 Å². The molecule has 3 aromatic carbocycles. The second-order valence-electron chi connectivity index (χ2n) is 11.7. The second-order valence-corrected chi connectivity index (χ2v) is 11.7. The number of ether oxygens (including phenoxy) is 1. The van der Waals surface area contributed by atoms with Gasteiger partial charge in [-0.1, -0.05) is 83.5 Å². The van der Waals surface area contributed by atoms with E-state index in [2.05, 4.69) is 83.3 Å². The lowest BCUT2D eigenvalue weighted by Gasteiger charge is -2.28. The van der Waals surface area contributed by atoms with Crippen LogP contribution in [-0.4, -0.2) is 17.2 Å². The van der Waals surface area contributed by atoms with Gasteiger partial charge in [-0.25, -0.2) is 5.43 Å². The SMILES string of the molecule is Cc1ccc(COc2ccc(/C=N\NC(=O)CCc3cc(C(C)(C)C)c(O)c(C(C)(C)C)c3)cc2)cc1. The number of carbonyl (C=O) groups is 1. The molecule has 0 saturated heterocycles. The number of carbonyl (C=O) groups excluding carboxylic acids is 1. The number of hydrogen-bond donors (Lipinski definition) is 2. The Bertz CT molecular complexity index is 1190. The third-order valence-corrected chi connectivity index (χ3v) is 6.24. The van der Waals surface area contributed by atoms with Crippen molar-refractivity contribution in [2.75, 3.05) is 0 Å². The Morgan fingerprint density at radius 1 is 0.892 bits per heavy atom. The van der Waals surface area contributed by atoms with Crippen LogP contribution in [0.5, 0.6) is 11.5 Å². The van der Waals surface area contributed by atoms with E-state index in [-0.39, 0.29) is 16.7 Å². The maximum absolute atomic E-state index is 12.4. The molecule has 0 aromatic heterocycles. The number of rotatable bonds is 8. The van der Waals surface area contributed by atoms with Crippen molar-refractivity contribution >= 4 is 12.1 Å². The van der Waals surface area contributed by atoms with Crippen molar-refractivity contribution < 1.29 is 14.6 Å². The summed E-state index contributed by atoms with van der Waals surface area (Å²) in [6.45, 7) is 15.1. The molecule has 0 aliphatic carbocycles. The number of hydrazone groups is 1. The molecule has 0 heterocycles. The topological polar surface area (TPSA) is 70.9 Å².